The lowest BCUT2D eigenvalue weighted by molar-refractivity contribution is -0.384. The number of anilines is 1. The van der Waals surface area contributed by atoms with E-state index in [-0.39, 0.29) is 29.8 Å². The number of nitro benzene ring substituents is 1. The van der Waals surface area contributed by atoms with Gasteiger partial charge in [0.15, 0.2) is 5.13 Å². The van der Waals surface area contributed by atoms with E-state index >= 15 is 0 Å². The summed E-state index contributed by atoms with van der Waals surface area (Å²) in [7, 11) is 0. The van der Waals surface area contributed by atoms with Crippen LogP contribution in [0.4, 0.5) is 10.8 Å². The Bertz CT molecular complexity index is 835. The van der Waals surface area contributed by atoms with Gasteiger partial charge in [0, 0.05) is 42.6 Å². The molecule has 2 aromatic rings. The molecule has 1 atom stereocenters. The molecule has 9 heteroatoms. The van der Waals surface area contributed by atoms with E-state index in [4.69, 9.17) is 0 Å². The Balaban J connectivity index is 1.70. The van der Waals surface area contributed by atoms with Crippen molar-refractivity contribution >= 4 is 34.0 Å². The number of amides is 2. The second-order valence-corrected chi connectivity index (χ2v) is 6.53. The number of rotatable bonds is 5. The first-order chi connectivity index (χ1) is 12.0. The minimum Gasteiger partial charge on any atom is -0.342 e. The third-order valence-corrected chi connectivity index (χ3v) is 4.81. The molecule has 0 spiro atoms. The van der Waals surface area contributed by atoms with Crippen molar-refractivity contribution in [3.63, 3.8) is 0 Å². The quantitative estimate of drug-likeness (QED) is 0.651. The van der Waals surface area contributed by atoms with Gasteiger partial charge in [0.25, 0.3) is 5.69 Å². The van der Waals surface area contributed by atoms with Crippen LogP contribution in [-0.2, 0) is 9.59 Å². The van der Waals surface area contributed by atoms with E-state index in [1.54, 1.807) is 22.4 Å². The molecule has 1 aliphatic heterocycles. The van der Waals surface area contributed by atoms with E-state index in [0.717, 1.165) is 0 Å². The van der Waals surface area contributed by atoms with Gasteiger partial charge in [-0.05, 0) is 6.92 Å². The number of carbonyl (C=O) groups is 2. The van der Waals surface area contributed by atoms with Gasteiger partial charge in [-0.1, -0.05) is 12.1 Å². The fourth-order valence-corrected chi connectivity index (χ4v) is 3.43. The minimum atomic E-state index is -0.463. The van der Waals surface area contributed by atoms with Gasteiger partial charge in [0.2, 0.25) is 11.8 Å². The molecule has 1 aliphatic rings. The zero-order valence-corrected chi connectivity index (χ0v) is 14.3. The lowest BCUT2D eigenvalue weighted by Crippen LogP contribution is -2.28. The van der Waals surface area contributed by atoms with Gasteiger partial charge in [0.05, 0.1) is 16.5 Å². The molecule has 8 nitrogen and oxygen atoms in total. The highest BCUT2D eigenvalue weighted by molar-refractivity contribution is 7.14. The molecule has 2 amide bonds. The normalized spacial score (nSPS) is 16.9. The summed E-state index contributed by atoms with van der Waals surface area (Å²) in [5, 5.41) is 15.7. The predicted octanol–water partition coefficient (Wildman–Crippen LogP) is 2.53. The summed E-state index contributed by atoms with van der Waals surface area (Å²) in [5.41, 5.74) is 1.15. The van der Waals surface area contributed by atoms with E-state index in [2.05, 4.69) is 10.3 Å². The molecule has 1 unspecified atom stereocenters. The van der Waals surface area contributed by atoms with Crippen molar-refractivity contribution in [3.8, 4) is 11.3 Å². The monoisotopic (exact) mass is 360 g/mol. The maximum atomic E-state index is 12.3. The number of carbonyl (C=O) groups excluding carboxylic acids is 2. The maximum Gasteiger partial charge on any atom is 0.270 e. The topological polar surface area (TPSA) is 105 Å². The number of benzene rings is 1. The Morgan fingerprint density at radius 2 is 2.32 bits per heavy atom. The van der Waals surface area contributed by atoms with Crippen molar-refractivity contribution in [2.24, 2.45) is 5.92 Å². The number of hydrogen-bond donors (Lipinski definition) is 1. The number of nitro groups is 1. The molecule has 0 radical (unpaired) electrons. The highest BCUT2D eigenvalue weighted by Crippen LogP contribution is 2.28. The van der Waals surface area contributed by atoms with Crippen LogP contribution in [0, 0.1) is 16.0 Å². The van der Waals surface area contributed by atoms with Gasteiger partial charge in [-0.2, -0.15) is 0 Å². The van der Waals surface area contributed by atoms with Gasteiger partial charge in [-0.25, -0.2) is 4.98 Å². The van der Waals surface area contributed by atoms with Crippen LogP contribution in [0.25, 0.3) is 11.3 Å². The van der Waals surface area contributed by atoms with Crippen LogP contribution < -0.4 is 5.32 Å². The number of nitrogens with one attached hydrogen (secondary N) is 1. The number of nitrogens with zero attached hydrogens (tertiary/aromatic N) is 3. The molecule has 0 bridgehead atoms. The van der Waals surface area contributed by atoms with Crippen molar-refractivity contribution in [1.82, 2.24) is 9.88 Å². The van der Waals surface area contributed by atoms with Gasteiger partial charge in [0.1, 0.15) is 0 Å². The van der Waals surface area contributed by atoms with E-state index in [1.165, 1.54) is 23.5 Å². The van der Waals surface area contributed by atoms with Crippen LogP contribution in [-0.4, -0.2) is 39.7 Å². The molecular formula is C16H16N4O4S. The molecule has 1 saturated heterocycles. The summed E-state index contributed by atoms with van der Waals surface area (Å²) in [5.74, 6) is -0.624. The Morgan fingerprint density at radius 3 is 3.00 bits per heavy atom. The number of likely N-dealkylation sites (tertiary alicyclic amines) is 1. The van der Waals surface area contributed by atoms with Crippen LogP contribution in [0.1, 0.15) is 13.3 Å². The summed E-state index contributed by atoms with van der Waals surface area (Å²) < 4.78 is 0. The van der Waals surface area contributed by atoms with Crippen molar-refractivity contribution in [3.05, 3.63) is 39.8 Å². The molecule has 1 fully saturated rings. The minimum absolute atomic E-state index is 0.0137. The molecule has 0 aliphatic carbocycles. The number of thiazole rings is 1. The van der Waals surface area contributed by atoms with Crippen molar-refractivity contribution in [2.45, 2.75) is 13.3 Å². The molecule has 2 heterocycles. The first kappa shape index (κ1) is 17.0. The molecule has 1 aromatic carbocycles. The Hall–Kier alpha value is -2.81. The van der Waals surface area contributed by atoms with Crippen LogP contribution in [0.3, 0.4) is 0 Å². The van der Waals surface area contributed by atoms with Crippen LogP contribution >= 0.6 is 11.3 Å². The van der Waals surface area contributed by atoms with E-state index in [1.807, 2.05) is 6.92 Å². The number of non-ortho nitro benzene ring substituents is 1. The summed E-state index contributed by atoms with van der Waals surface area (Å²) in [6, 6.07) is 6.17. The van der Waals surface area contributed by atoms with Crippen molar-refractivity contribution in [1.29, 1.82) is 0 Å². The predicted molar refractivity (Wildman–Crippen MR) is 93.2 cm³/mol. The van der Waals surface area contributed by atoms with Crippen molar-refractivity contribution < 1.29 is 14.5 Å². The highest BCUT2D eigenvalue weighted by atomic mass is 32.1. The van der Waals surface area contributed by atoms with Crippen molar-refractivity contribution in [2.75, 3.05) is 18.4 Å². The summed E-state index contributed by atoms with van der Waals surface area (Å²) >= 11 is 1.24. The summed E-state index contributed by atoms with van der Waals surface area (Å²) in [4.78, 5) is 40.4. The van der Waals surface area contributed by atoms with Gasteiger partial charge in [-0.3, -0.25) is 19.7 Å². The third kappa shape index (κ3) is 3.66. The Labute approximate surface area is 147 Å². The maximum absolute atomic E-state index is 12.3. The fraction of sp³-hybridized carbons (Fsp3) is 0.312. The van der Waals surface area contributed by atoms with E-state index in [0.29, 0.717) is 29.5 Å². The average molecular weight is 360 g/mol. The smallest absolute Gasteiger partial charge is 0.270 e. The van der Waals surface area contributed by atoms with E-state index in [9.17, 15) is 19.7 Å². The summed E-state index contributed by atoms with van der Waals surface area (Å²) in [6.45, 7) is 2.89. The largest absolute Gasteiger partial charge is 0.342 e. The SMILES string of the molecule is CCN1CC(C(=O)Nc2nc(-c3cccc([N+](=O)[O-])c3)cs2)CC1=O. The zero-order chi connectivity index (χ0) is 18.0. The van der Waals surface area contributed by atoms with Gasteiger partial charge < -0.3 is 10.2 Å². The Morgan fingerprint density at radius 1 is 1.52 bits per heavy atom. The van der Waals surface area contributed by atoms with Crippen LogP contribution in [0.2, 0.25) is 0 Å². The van der Waals surface area contributed by atoms with Crippen LogP contribution in [0.15, 0.2) is 29.6 Å². The lowest BCUT2D eigenvalue weighted by Gasteiger charge is -2.12. The first-order valence-electron chi connectivity index (χ1n) is 7.77. The van der Waals surface area contributed by atoms with Gasteiger partial charge >= 0.3 is 0 Å². The molecule has 1 aromatic heterocycles. The second kappa shape index (κ2) is 6.98. The average Bonchev–Trinajstić information content (AvgIpc) is 3.21. The Kier molecular flexibility index (Phi) is 4.75. The fourth-order valence-electron chi connectivity index (χ4n) is 2.70. The molecule has 25 heavy (non-hydrogen) atoms. The lowest BCUT2D eigenvalue weighted by atomic mass is 10.1. The summed E-state index contributed by atoms with van der Waals surface area (Å²) in [6.07, 6.45) is 0.211. The number of aromatic nitrogens is 1. The second-order valence-electron chi connectivity index (χ2n) is 5.67. The first-order valence-corrected chi connectivity index (χ1v) is 8.65. The highest BCUT2D eigenvalue weighted by Gasteiger charge is 2.33. The third-order valence-electron chi connectivity index (χ3n) is 4.05. The number of hydrogen-bond acceptors (Lipinski definition) is 6. The van der Waals surface area contributed by atoms with Gasteiger partial charge in [-0.15, -0.1) is 11.3 Å². The van der Waals surface area contributed by atoms with Crippen LogP contribution in [0.5, 0.6) is 0 Å². The van der Waals surface area contributed by atoms with E-state index < -0.39 is 4.92 Å². The molecule has 0 saturated carbocycles. The molecule has 1 N–H and O–H groups in total. The standard InChI is InChI=1S/C16H16N4O4S/c1-2-19-8-11(7-14(19)21)15(22)18-16-17-13(9-25-16)10-4-3-5-12(6-10)20(23)24/h3-6,9,11H,2,7-8H2,1H3,(H,17,18,22). The molecule has 3 rings (SSSR count). The zero-order valence-electron chi connectivity index (χ0n) is 13.5. The molecular weight excluding hydrogens is 344 g/mol. The molecule has 130 valence electrons.